The lowest BCUT2D eigenvalue weighted by Gasteiger charge is -2.35. The minimum Gasteiger partial charge on any atom is -0.492 e. The van der Waals surface area contributed by atoms with E-state index in [-0.39, 0.29) is 5.91 Å². The highest BCUT2D eigenvalue weighted by Gasteiger charge is 2.23. The minimum absolute atomic E-state index is 0.143. The third kappa shape index (κ3) is 7.45. The standard InChI is InChI=1S/C20H32N2O3/c1-17(16-25-19-6-4-3-5-7-19)22-13-10-18(11-14-22)8-9-20(23)21-12-15-24-2/h3-7,17-18H,8-16H2,1-2H3,(H,21,23)/t17-/m0/s1. The summed E-state index contributed by atoms with van der Waals surface area (Å²) in [5.41, 5.74) is 0. The fraction of sp³-hybridized carbons (Fsp3) is 0.650. The maximum Gasteiger partial charge on any atom is 0.220 e. The van der Waals surface area contributed by atoms with Crippen molar-refractivity contribution in [3.05, 3.63) is 30.3 Å². The van der Waals surface area contributed by atoms with Crippen molar-refractivity contribution in [1.29, 1.82) is 0 Å². The second-order valence-electron chi connectivity index (χ2n) is 6.83. The first kappa shape index (κ1) is 19.7. The number of nitrogens with zero attached hydrogens (tertiary/aromatic N) is 1. The molecular weight excluding hydrogens is 316 g/mol. The van der Waals surface area contributed by atoms with Gasteiger partial charge in [-0.25, -0.2) is 0 Å². The molecule has 1 aliphatic rings. The first-order chi connectivity index (χ1) is 12.2. The smallest absolute Gasteiger partial charge is 0.220 e. The van der Waals surface area contributed by atoms with Crippen molar-refractivity contribution in [3.8, 4) is 5.75 Å². The largest absolute Gasteiger partial charge is 0.492 e. The number of methoxy groups -OCH3 is 1. The van der Waals surface area contributed by atoms with Gasteiger partial charge in [0, 0.05) is 26.1 Å². The molecule has 1 heterocycles. The molecule has 1 aliphatic heterocycles. The first-order valence-electron chi connectivity index (χ1n) is 9.36. The van der Waals surface area contributed by atoms with Crippen molar-refractivity contribution in [2.75, 3.05) is 40.0 Å². The Balaban J connectivity index is 1.59. The quantitative estimate of drug-likeness (QED) is 0.661. The molecule has 0 unspecified atom stereocenters. The summed E-state index contributed by atoms with van der Waals surface area (Å²) in [6.07, 6.45) is 3.95. The van der Waals surface area contributed by atoms with Crippen LogP contribution in [0.25, 0.3) is 0 Å². The second-order valence-corrected chi connectivity index (χ2v) is 6.83. The summed E-state index contributed by atoms with van der Waals surface area (Å²) < 4.78 is 10.8. The number of rotatable bonds is 10. The van der Waals surface area contributed by atoms with Crippen LogP contribution >= 0.6 is 0 Å². The number of nitrogens with one attached hydrogen (secondary N) is 1. The molecule has 140 valence electrons. The number of carbonyl (C=O) groups is 1. The lowest BCUT2D eigenvalue weighted by Crippen LogP contribution is -2.42. The monoisotopic (exact) mass is 348 g/mol. The summed E-state index contributed by atoms with van der Waals surface area (Å²) in [6.45, 7) is 6.31. The summed E-state index contributed by atoms with van der Waals surface area (Å²) in [4.78, 5) is 14.3. The maximum absolute atomic E-state index is 11.8. The lowest BCUT2D eigenvalue weighted by molar-refractivity contribution is -0.121. The SMILES string of the molecule is COCCNC(=O)CCC1CCN([C@@H](C)COc2ccccc2)CC1. The highest BCUT2D eigenvalue weighted by molar-refractivity contribution is 5.75. The van der Waals surface area contributed by atoms with Crippen LogP contribution in [0.2, 0.25) is 0 Å². The molecule has 0 bridgehead atoms. The van der Waals surface area contributed by atoms with E-state index in [9.17, 15) is 4.79 Å². The van der Waals surface area contributed by atoms with Crippen LogP contribution in [-0.2, 0) is 9.53 Å². The topological polar surface area (TPSA) is 50.8 Å². The van der Waals surface area contributed by atoms with Crippen molar-refractivity contribution >= 4 is 5.91 Å². The van der Waals surface area contributed by atoms with Crippen molar-refractivity contribution in [2.45, 2.75) is 38.6 Å². The van der Waals surface area contributed by atoms with E-state index < -0.39 is 0 Å². The van der Waals surface area contributed by atoms with Gasteiger partial charge in [-0.1, -0.05) is 18.2 Å². The van der Waals surface area contributed by atoms with E-state index in [1.807, 2.05) is 30.3 Å². The normalized spacial score (nSPS) is 17.2. The predicted molar refractivity (Wildman–Crippen MR) is 99.8 cm³/mol. The molecule has 0 spiro atoms. The molecule has 0 aliphatic carbocycles. The zero-order valence-corrected chi connectivity index (χ0v) is 15.6. The van der Waals surface area contributed by atoms with Gasteiger partial charge in [0.2, 0.25) is 5.91 Å². The highest BCUT2D eigenvalue weighted by atomic mass is 16.5. The number of ether oxygens (including phenoxy) is 2. The number of para-hydroxylation sites is 1. The van der Waals surface area contributed by atoms with Crippen LogP contribution in [0.1, 0.15) is 32.6 Å². The molecule has 25 heavy (non-hydrogen) atoms. The van der Waals surface area contributed by atoms with Crippen LogP contribution in [0, 0.1) is 5.92 Å². The first-order valence-corrected chi connectivity index (χ1v) is 9.36. The third-order valence-corrected chi connectivity index (χ3v) is 4.91. The van der Waals surface area contributed by atoms with Gasteiger partial charge in [0.25, 0.3) is 0 Å². The van der Waals surface area contributed by atoms with Crippen molar-refractivity contribution in [1.82, 2.24) is 10.2 Å². The van der Waals surface area contributed by atoms with E-state index >= 15 is 0 Å². The third-order valence-electron chi connectivity index (χ3n) is 4.91. The van der Waals surface area contributed by atoms with Crippen LogP contribution in [0.5, 0.6) is 5.75 Å². The fourth-order valence-corrected chi connectivity index (χ4v) is 3.24. The summed E-state index contributed by atoms with van der Waals surface area (Å²) in [6, 6.07) is 10.4. The lowest BCUT2D eigenvalue weighted by atomic mass is 9.91. The zero-order chi connectivity index (χ0) is 17.9. The van der Waals surface area contributed by atoms with E-state index in [1.54, 1.807) is 7.11 Å². The molecule has 1 aromatic carbocycles. The Morgan fingerprint density at radius 2 is 2.00 bits per heavy atom. The number of likely N-dealkylation sites (tertiary alicyclic amines) is 1. The Labute approximate surface area is 151 Å². The molecule has 1 N–H and O–H groups in total. The Morgan fingerprint density at radius 3 is 2.68 bits per heavy atom. The van der Waals surface area contributed by atoms with Gasteiger partial charge in [-0.15, -0.1) is 0 Å². The van der Waals surface area contributed by atoms with E-state index in [0.29, 0.717) is 31.5 Å². The van der Waals surface area contributed by atoms with Gasteiger partial charge >= 0.3 is 0 Å². The Hall–Kier alpha value is -1.59. The van der Waals surface area contributed by atoms with E-state index in [4.69, 9.17) is 9.47 Å². The van der Waals surface area contributed by atoms with Crippen LogP contribution < -0.4 is 10.1 Å². The van der Waals surface area contributed by atoms with Crippen LogP contribution in [0.15, 0.2) is 30.3 Å². The van der Waals surface area contributed by atoms with Crippen molar-refractivity contribution < 1.29 is 14.3 Å². The molecule has 0 radical (unpaired) electrons. The molecule has 5 nitrogen and oxygen atoms in total. The molecule has 0 aromatic heterocycles. The van der Waals surface area contributed by atoms with Gasteiger partial charge in [-0.3, -0.25) is 9.69 Å². The van der Waals surface area contributed by atoms with Crippen molar-refractivity contribution in [2.24, 2.45) is 5.92 Å². The number of amides is 1. The summed E-state index contributed by atoms with van der Waals surface area (Å²) in [5, 5.41) is 2.89. The number of piperidine rings is 1. The summed E-state index contributed by atoms with van der Waals surface area (Å²) in [7, 11) is 1.64. The van der Waals surface area contributed by atoms with Gasteiger partial charge < -0.3 is 14.8 Å². The molecule has 1 amide bonds. The number of hydrogen-bond donors (Lipinski definition) is 1. The average molecular weight is 348 g/mol. The molecule has 1 saturated heterocycles. The van der Waals surface area contributed by atoms with Gasteiger partial charge in [0.05, 0.1) is 6.61 Å². The fourth-order valence-electron chi connectivity index (χ4n) is 3.24. The van der Waals surface area contributed by atoms with Crippen molar-refractivity contribution in [3.63, 3.8) is 0 Å². The summed E-state index contributed by atoms with van der Waals surface area (Å²) >= 11 is 0. The maximum atomic E-state index is 11.8. The molecule has 5 heteroatoms. The van der Waals surface area contributed by atoms with Gasteiger partial charge in [-0.2, -0.15) is 0 Å². The van der Waals surface area contributed by atoms with E-state index in [2.05, 4.69) is 17.1 Å². The predicted octanol–water partition coefficient (Wildman–Crippen LogP) is 2.71. The van der Waals surface area contributed by atoms with Crippen LogP contribution in [-0.4, -0.2) is 56.8 Å². The second kappa shape index (κ2) is 11.1. The summed E-state index contributed by atoms with van der Waals surface area (Å²) in [5.74, 6) is 1.74. The van der Waals surface area contributed by atoms with Gasteiger partial charge in [0.1, 0.15) is 12.4 Å². The molecular formula is C20H32N2O3. The number of benzene rings is 1. The Morgan fingerprint density at radius 1 is 1.28 bits per heavy atom. The molecule has 1 atom stereocenters. The number of carbonyl (C=O) groups excluding carboxylic acids is 1. The molecule has 2 rings (SSSR count). The van der Waals surface area contributed by atoms with E-state index in [1.165, 1.54) is 12.8 Å². The highest BCUT2D eigenvalue weighted by Crippen LogP contribution is 2.23. The number of hydrogen-bond acceptors (Lipinski definition) is 4. The Kier molecular flexibility index (Phi) is 8.77. The van der Waals surface area contributed by atoms with Gasteiger partial charge in [-0.05, 0) is 57.3 Å². The van der Waals surface area contributed by atoms with Crippen LogP contribution in [0.4, 0.5) is 0 Å². The Bertz CT molecular complexity index is 487. The average Bonchev–Trinajstić information content (AvgIpc) is 2.66. The van der Waals surface area contributed by atoms with Crippen LogP contribution in [0.3, 0.4) is 0 Å². The molecule has 1 aromatic rings. The molecule has 1 fully saturated rings. The zero-order valence-electron chi connectivity index (χ0n) is 15.6. The van der Waals surface area contributed by atoms with E-state index in [0.717, 1.165) is 31.9 Å². The molecule has 0 saturated carbocycles. The minimum atomic E-state index is 0.143. The van der Waals surface area contributed by atoms with Gasteiger partial charge in [0.15, 0.2) is 0 Å².